The Morgan fingerprint density at radius 2 is 2.12 bits per heavy atom. The third-order valence-electron chi connectivity index (χ3n) is 2.00. The molecule has 82 valence electrons. The molecular formula is C10H4BrClFNO2. The van der Waals surface area contributed by atoms with E-state index in [0.717, 1.165) is 0 Å². The van der Waals surface area contributed by atoms with E-state index in [1.54, 1.807) is 0 Å². The number of halogens is 3. The molecule has 1 aromatic heterocycles. The van der Waals surface area contributed by atoms with Gasteiger partial charge in [0.1, 0.15) is 11.5 Å². The zero-order chi connectivity index (χ0) is 11.9. The fourth-order valence-electron chi connectivity index (χ4n) is 1.32. The molecular weight excluding hydrogens is 300 g/mol. The van der Waals surface area contributed by atoms with Crippen molar-refractivity contribution >= 4 is 44.4 Å². The minimum atomic E-state index is -1.18. The zero-order valence-corrected chi connectivity index (χ0v) is 10.0. The first-order valence-electron chi connectivity index (χ1n) is 4.17. The van der Waals surface area contributed by atoms with Gasteiger partial charge < -0.3 is 5.11 Å². The molecule has 0 radical (unpaired) electrons. The van der Waals surface area contributed by atoms with Gasteiger partial charge in [-0.3, -0.25) is 0 Å². The van der Waals surface area contributed by atoms with Gasteiger partial charge in [-0.15, -0.1) is 0 Å². The molecule has 1 N–H and O–H groups in total. The van der Waals surface area contributed by atoms with Crippen molar-refractivity contribution in [2.45, 2.75) is 0 Å². The molecule has 0 amide bonds. The molecule has 0 aliphatic carbocycles. The summed E-state index contributed by atoms with van der Waals surface area (Å²) in [6.07, 6.45) is 0. The first kappa shape index (κ1) is 11.3. The predicted octanol–water partition coefficient (Wildman–Crippen LogP) is 3.49. The van der Waals surface area contributed by atoms with Crippen molar-refractivity contribution in [1.82, 2.24) is 4.98 Å². The van der Waals surface area contributed by atoms with Crippen molar-refractivity contribution in [2.75, 3.05) is 0 Å². The quantitative estimate of drug-likeness (QED) is 0.877. The number of nitrogens with zero attached hydrogens (tertiary/aromatic N) is 1. The van der Waals surface area contributed by atoms with E-state index in [0.29, 0.717) is 15.4 Å². The van der Waals surface area contributed by atoms with Crippen LogP contribution in [0.15, 0.2) is 22.7 Å². The summed E-state index contributed by atoms with van der Waals surface area (Å²) < 4.78 is 13.5. The molecule has 0 unspecified atom stereocenters. The average molecular weight is 305 g/mol. The monoisotopic (exact) mass is 303 g/mol. The SMILES string of the molecule is O=C(O)c1cc(Cl)c2cc(F)cc(Br)c2n1. The number of hydrogen-bond acceptors (Lipinski definition) is 2. The summed E-state index contributed by atoms with van der Waals surface area (Å²) in [6.45, 7) is 0. The van der Waals surface area contributed by atoms with Crippen LogP contribution in [0.4, 0.5) is 4.39 Å². The topological polar surface area (TPSA) is 50.2 Å². The smallest absolute Gasteiger partial charge is 0.354 e. The average Bonchev–Trinajstić information content (AvgIpc) is 2.19. The van der Waals surface area contributed by atoms with Crippen LogP contribution >= 0.6 is 27.5 Å². The highest BCUT2D eigenvalue weighted by molar-refractivity contribution is 9.10. The van der Waals surface area contributed by atoms with E-state index >= 15 is 0 Å². The van der Waals surface area contributed by atoms with Gasteiger partial charge in [0.2, 0.25) is 0 Å². The number of pyridine rings is 1. The molecule has 3 nitrogen and oxygen atoms in total. The summed E-state index contributed by atoms with van der Waals surface area (Å²) >= 11 is 8.97. The molecule has 2 aromatic rings. The van der Waals surface area contributed by atoms with Gasteiger partial charge in [-0.2, -0.15) is 0 Å². The number of carboxylic acids is 1. The summed E-state index contributed by atoms with van der Waals surface area (Å²) in [4.78, 5) is 14.6. The summed E-state index contributed by atoms with van der Waals surface area (Å²) in [6, 6.07) is 3.61. The lowest BCUT2D eigenvalue weighted by Crippen LogP contribution is -2.00. The van der Waals surface area contributed by atoms with Gasteiger partial charge >= 0.3 is 5.97 Å². The van der Waals surface area contributed by atoms with Crippen LogP contribution in [0.5, 0.6) is 0 Å². The van der Waals surface area contributed by atoms with Crippen LogP contribution in [0.25, 0.3) is 10.9 Å². The van der Waals surface area contributed by atoms with E-state index in [1.165, 1.54) is 18.2 Å². The molecule has 0 atom stereocenters. The minimum Gasteiger partial charge on any atom is -0.477 e. The van der Waals surface area contributed by atoms with Gasteiger partial charge in [0.15, 0.2) is 0 Å². The molecule has 1 heterocycles. The molecule has 2 rings (SSSR count). The Hall–Kier alpha value is -1.20. The number of hydrogen-bond donors (Lipinski definition) is 1. The fourth-order valence-corrected chi connectivity index (χ4v) is 2.09. The molecule has 6 heteroatoms. The van der Waals surface area contributed by atoms with Gasteiger partial charge in [-0.1, -0.05) is 11.6 Å². The zero-order valence-electron chi connectivity index (χ0n) is 7.67. The molecule has 16 heavy (non-hydrogen) atoms. The number of aromatic nitrogens is 1. The van der Waals surface area contributed by atoms with E-state index in [-0.39, 0.29) is 10.7 Å². The molecule has 0 bridgehead atoms. The Labute approximate surface area is 103 Å². The van der Waals surface area contributed by atoms with Gasteiger partial charge in [0.25, 0.3) is 0 Å². The largest absolute Gasteiger partial charge is 0.477 e. The Morgan fingerprint density at radius 1 is 1.44 bits per heavy atom. The summed E-state index contributed by atoms with van der Waals surface area (Å²) in [5.74, 6) is -1.65. The van der Waals surface area contributed by atoms with Crippen LogP contribution < -0.4 is 0 Å². The van der Waals surface area contributed by atoms with Crippen LogP contribution in [-0.4, -0.2) is 16.1 Å². The van der Waals surface area contributed by atoms with Crippen molar-refractivity contribution in [1.29, 1.82) is 0 Å². The molecule has 0 saturated carbocycles. The van der Waals surface area contributed by atoms with E-state index in [2.05, 4.69) is 20.9 Å². The Kier molecular flexibility index (Phi) is 2.82. The number of carbonyl (C=O) groups is 1. The number of carboxylic acid groups (broad SMARTS) is 1. The van der Waals surface area contributed by atoms with Crippen LogP contribution in [0.2, 0.25) is 5.02 Å². The first-order valence-corrected chi connectivity index (χ1v) is 5.34. The lowest BCUT2D eigenvalue weighted by Gasteiger charge is -2.04. The standard InChI is InChI=1S/C10H4BrClFNO2/c11-6-2-4(13)1-5-7(12)3-8(10(15)16)14-9(5)6/h1-3H,(H,15,16). The highest BCUT2D eigenvalue weighted by Crippen LogP contribution is 2.29. The molecule has 1 aromatic carbocycles. The highest BCUT2D eigenvalue weighted by Gasteiger charge is 2.12. The van der Waals surface area contributed by atoms with Crippen molar-refractivity contribution < 1.29 is 14.3 Å². The number of aromatic carboxylic acids is 1. The summed E-state index contributed by atoms with van der Waals surface area (Å²) in [5.41, 5.74) is 0.149. The third kappa shape index (κ3) is 1.88. The molecule has 0 aliphatic heterocycles. The maximum atomic E-state index is 13.1. The molecule has 0 spiro atoms. The Morgan fingerprint density at radius 3 is 2.75 bits per heavy atom. The molecule has 0 aliphatic rings. The van der Waals surface area contributed by atoms with Crippen LogP contribution in [0, 0.1) is 5.82 Å². The van der Waals surface area contributed by atoms with Crippen LogP contribution in [0.1, 0.15) is 10.5 Å². The normalized spacial score (nSPS) is 10.7. The van der Waals surface area contributed by atoms with Crippen molar-refractivity contribution in [3.05, 3.63) is 39.2 Å². The third-order valence-corrected chi connectivity index (χ3v) is 2.92. The second kappa shape index (κ2) is 3.99. The second-order valence-electron chi connectivity index (χ2n) is 3.08. The first-order chi connectivity index (χ1) is 7.49. The number of fused-ring (bicyclic) bond motifs is 1. The lowest BCUT2D eigenvalue weighted by atomic mass is 10.2. The van der Waals surface area contributed by atoms with Crippen molar-refractivity contribution in [3.63, 3.8) is 0 Å². The molecule has 0 fully saturated rings. The maximum absolute atomic E-state index is 13.1. The maximum Gasteiger partial charge on any atom is 0.354 e. The van der Waals surface area contributed by atoms with Crippen molar-refractivity contribution in [2.24, 2.45) is 0 Å². The predicted molar refractivity (Wildman–Crippen MR) is 61.4 cm³/mol. The van der Waals surface area contributed by atoms with Gasteiger partial charge in [-0.25, -0.2) is 14.2 Å². The number of benzene rings is 1. The van der Waals surface area contributed by atoms with Crippen LogP contribution in [-0.2, 0) is 0 Å². The van der Waals surface area contributed by atoms with Gasteiger partial charge in [0.05, 0.1) is 10.5 Å². The van der Waals surface area contributed by atoms with Gasteiger partial charge in [-0.05, 0) is 34.1 Å². The molecule has 0 saturated heterocycles. The van der Waals surface area contributed by atoms with E-state index < -0.39 is 11.8 Å². The Balaban J connectivity index is 2.87. The Bertz CT molecular complexity index is 603. The minimum absolute atomic E-state index is 0.155. The lowest BCUT2D eigenvalue weighted by molar-refractivity contribution is 0.0691. The van der Waals surface area contributed by atoms with Crippen molar-refractivity contribution in [3.8, 4) is 0 Å². The van der Waals surface area contributed by atoms with Gasteiger partial charge in [0, 0.05) is 9.86 Å². The van der Waals surface area contributed by atoms with Crippen LogP contribution in [0.3, 0.4) is 0 Å². The number of rotatable bonds is 1. The fraction of sp³-hybridized carbons (Fsp3) is 0. The summed E-state index contributed by atoms with van der Waals surface area (Å²) in [5, 5.41) is 9.33. The highest BCUT2D eigenvalue weighted by atomic mass is 79.9. The summed E-state index contributed by atoms with van der Waals surface area (Å²) in [7, 11) is 0. The van der Waals surface area contributed by atoms with E-state index in [9.17, 15) is 9.18 Å². The van der Waals surface area contributed by atoms with E-state index in [1.807, 2.05) is 0 Å². The second-order valence-corrected chi connectivity index (χ2v) is 4.34. The van der Waals surface area contributed by atoms with E-state index in [4.69, 9.17) is 16.7 Å².